The molecule has 0 aliphatic heterocycles. The number of benzene rings is 1. The van der Waals surface area contributed by atoms with Crippen molar-refractivity contribution in [2.45, 2.75) is 20.8 Å². The second-order valence-corrected chi connectivity index (χ2v) is 4.95. The van der Waals surface area contributed by atoms with Gasteiger partial charge in [-0.1, -0.05) is 12.1 Å². The van der Waals surface area contributed by atoms with Gasteiger partial charge in [-0.15, -0.1) is 0 Å². The molecular formula is C14H14N2O2S. The Labute approximate surface area is 115 Å². The van der Waals surface area contributed by atoms with Crippen LogP contribution < -0.4 is 5.32 Å². The topological polar surface area (TPSA) is 59.1 Å². The van der Waals surface area contributed by atoms with Gasteiger partial charge >= 0.3 is 0 Å². The highest BCUT2D eigenvalue weighted by Crippen LogP contribution is 2.21. The highest BCUT2D eigenvalue weighted by atomic mass is 32.1. The Kier molecular flexibility index (Phi) is 3.76. The molecule has 0 aliphatic carbocycles. The van der Waals surface area contributed by atoms with Crippen molar-refractivity contribution in [1.82, 2.24) is 4.37 Å². The predicted octanol–water partition coefficient (Wildman–Crippen LogP) is 3.21. The summed E-state index contributed by atoms with van der Waals surface area (Å²) in [5.41, 5.74) is 3.19. The first-order chi connectivity index (χ1) is 9.00. The smallest absolute Gasteiger partial charge is 0.258 e. The summed E-state index contributed by atoms with van der Waals surface area (Å²) in [7, 11) is 0. The van der Waals surface area contributed by atoms with Crippen LogP contribution in [0.2, 0.25) is 0 Å². The molecule has 0 unspecified atom stereocenters. The van der Waals surface area contributed by atoms with E-state index in [9.17, 15) is 9.59 Å². The quantitative estimate of drug-likeness (QED) is 0.874. The lowest BCUT2D eigenvalue weighted by atomic mass is 10.0. The van der Waals surface area contributed by atoms with Crippen LogP contribution in [0, 0.1) is 13.8 Å². The fraction of sp³-hybridized carbons (Fsp3) is 0.214. The molecule has 0 spiro atoms. The third kappa shape index (κ3) is 2.71. The molecule has 98 valence electrons. The van der Waals surface area contributed by atoms with Gasteiger partial charge < -0.3 is 5.32 Å². The molecule has 0 bridgehead atoms. The molecule has 1 aromatic carbocycles. The zero-order valence-corrected chi connectivity index (χ0v) is 11.8. The number of nitrogens with one attached hydrogen (secondary N) is 1. The number of carbonyl (C=O) groups is 2. The largest absolute Gasteiger partial charge is 0.321 e. The van der Waals surface area contributed by atoms with Crippen molar-refractivity contribution in [3.05, 3.63) is 46.0 Å². The van der Waals surface area contributed by atoms with Crippen LogP contribution in [0.3, 0.4) is 0 Å². The number of hydrogen-bond donors (Lipinski definition) is 1. The molecule has 0 saturated heterocycles. The van der Waals surface area contributed by atoms with Gasteiger partial charge in [0.25, 0.3) is 5.91 Å². The zero-order chi connectivity index (χ0) is 14.0. The zero-order valence-electron chi connectivity index (χ0n) is 11.0. The third-order valence-electron chi connectivity index (χ3n) is 2.87. The van der Waals surface area contributed by atoms with Gasteiger partial charge in [-0.2, -0.15) is 4.37 Å². The fourth-order valence-electron chi connectivity index (χ4n) is 1.94. The molecule has 1 heterocycles. The summed E-state index contributed by atoms with van der Waals surface area (Å²) in [6.07, 6.45) is 0. The van der Waals surface area contributed by atoms with Crippen LogP contribution in [0.15, 0.2) is 23.6 Å². The molecular weight excluding hydrogens is 260 g/mol. The van der Waals surface area contributed by atoms with Gasteiger partial charge in [-0.25, -0.2) is 0 Å². The van der Waals surface area contributed by atoms with Crippen molar-refractivity contribution < 1.29 is 9.59 Å². The van der Waals surface area contributed by atoms with Gasteiger partial charge in [0, 0.05) is 10.9 Å². The number of ketones is 1. The average molecular weight is 274 g/mol. The summed E-state index contributed by atoms with van der Waals surface area (Å²) in [5, 5.41) is 4.49. The SMILES string of the molecule is CC(=O)c1c(C)cccc1NC(=O)c1csnc1C. The van der Waals surface area contributed by atoms with Crippen LogP contribution in [-0.4, -0.2) is 16.1 Å². The molecule has 0 atom stereocenters. The number of carbonyl (C=O) groups excluding carboxylic acids is 2. The molecule has 0 radical (unpaired) electrons. The average Bonchev–Trinajstić information content (AvgIpc) is 2.75. The number of hydrogen-bond acceptors (Lipinski definition) is 4. The molecule has 4 nitrogen and oxygen atoms in total. The van der Waals surface area contributed by atoms with Crippen LogP contribution >= 0.6 is 11.5 Å². The highest BCUT2D eigenvalue weighted by Gasteiger charge is 2.15. The van der Waals surface area contributed by atoms with E-state index in [1.807, 2.05) is 19.1 Å². The predicted molar refractivity (Wildman–Crippen MR) is 76.0 cm³/mol. The monoisotopic (exact) mass is 274 g/mol. The van der Waals surface area contributed by atoms with E-state index in [0.29, 0.717) is 22.5 Å². The molecule has 2 aromatic rings. The van der Waals surface area contributed by atoms with Crippen LogP contribution in [0.25, 0.3) is 0 Å². The summed E-state index contributed by atoms with van der Waals surface area (Å²) in [6.45, 7) is 5.13. The Morgan fingerprint density at radius 3 is 2.58 bits per heavy atom. The number of amides is 1. The second-order valence-electron chi connectivity index (χ2n) is 4.32. The Morgan fingerprint density at radius 2 is 2.00 bits per heavy atom. The highest BCUT2D eigenvalue weighted by molar-refractivity contribution is 7.04. The number of rotatable bonds is 3. The molecule has 1 amide bonds. The third-order valence-corrected chi connectivity index (χ3v) is 3.59. The van der Waals surface area contributed by atoms with Crippen molar-refractivity contribution in [2.24, 2.45) is 0 Å². The van der Waals surface area contributed by atoms with E-state index in [4.69, 9.17) is 0 Å². The Morgan fingerprint density at radius 1 is 1.26 bits per heavy atom. The first kappa shape index (κ1) is 13.4. The lowest BCUT2D eigenvalue weighted by Crippen LogP contribution is -2.15. The van der Waals surface area contributed by atoms with E-state index in [1.165, 1.54) is 18.5 Å². The minimum absolute atomic E-state index is 0.0615. The van der Waals surface area contributed by atoms with Crippen molar-refractivity contribution in [3.8, 4) is 0 Å². The number of nitrogens with zero attached hydrogens (tertiary/aromatic N) is 1. The molecule has 1 N–H and O–H groups in total. The maximum absolute atomic E-state index is 12.1. The lowest BCUT2D eigenvalue weighted by Gasteiger charge is -2.11. The molecule has 2 rings (SSSR count). The van der Waals surface area contributed by atoms with Gasteiger partial charge in [0.15, 0.2) is 5.78 Å². The van der Waals surface area contributed by atoms with Crippen LogP contribution in [0.4, 0.5) is 5.69 Å². The summed E-state index contributed by atoms with van der Waals surface area (Å²) >= 11 is 1.24. The summed E-state index contributed by atoms with van der Waals surface area (Å²) in [4.78, 5) is 23.8. The Balaban J connectivity index is 2.35. The first-order valence-electron chi connectivity index (χ1n) is 5.83. The van der Waals surface area contributed by atoms with E-state index < -0.39 is 0 Å². The molecule has 0 fully saturated rings. The molecule has 19 heavy (non-hydrogen) atoms. The van der Waals surface area contributed by atoms with Crippen molar-refractivity contribution in [2.75, 3.05) is 5.32 Å². The summed E-state index contributed by atoms with van der Waals surface area (Å²) in [6, 6.07) is 5.40. The number of Topliss-reactive ketones (excluding diaryl/α,β-unsaturated/α-hetero) is 1. The maximum Gasteiger partial charge on any atom is 0.258 e. The number of aryl methyl sites for hydroxylation is 2. The number of aromatic nitrogens is 1. The van der Waals surface area contributed by atoms with E-state index in [-0.39, 0.29) is 11.7 Å². The summed E-state index contributed by atoms with van der Waals surface area (Å²) < 4.78 is 4.07. The Bertz CT molecular complexity index is 647. The number of anilines is 1. The van der Waals surface area contributed by atoms with Gasteiger partial charge in [0.1, 0.15) is 0 Å². The van der Waals surface area contributed by atoms with Crippen LogP contribution in [0.1, 0.15) is 38.9 Å². The lowest BCUT2D eigenvalue weighted by molar-refractivity contribution is 0.101. The van der Waals surface area contributed by atoms with Gasteiger partial charge in [-0.05, 0) is 43.9 Å². The van der Waals surface area contributed by atoms with E-state index >= 15 is 0 Å². The van der Waals surface area contributed by atoms with E-state index in [0.717, 1.165) is 5.56 Å². The minimum atomic E-state index is -0.237. The molecule has 5 heteroatoms. The first-order valence-corrected chi connectivity index (χ1v) is 6.67. The molecule has 0 saturated carbocycles. The minimum Gasteiger partial charge on any atom is -0.321 e. The second kappa shape index (κ2) is 5.32. The van der Waals surface area contributed by atoms with Crippen molar-refractivity contribution in [3.63, 3.8) is 0 Å². The van der Waals surface area contributed by atoms with Gasteiger partial charge in [-0.3, -0.25) is 9.59 Å². The maximum atomic E-state index is 12.1. The van der Waals surface area contributed by atoms with E-state index in [1.54, 1.807) is 18.4 Å². The van der Waals surface area contributed by atoms with Gasteiger partial charge in [0.05, 0.1) is 16.9 Å². The Hall–Kier alpha value is -2.01. The van der Waals surface area contributed by atoms with Crippen LogP contribution in [0.5, 0.6) is 0 Å². The van der Waals surface area contributed by atoms with Crippen molar-refractivity contribution >= 4 is 28.9 Å². The summed E-state index contributed by atoms with van der Waals surface area (Å²) in [5.74, 6) is -0.298. The molecule has 0 aliphatic rings. The van der Waals surface area contributed by atoms with E-state index in [2.05, 4.69) is 9.69 Å². The standard InChI is InChI=1S/C14H14N2O2S/c1-8-5-4-6-12(13(8)10(3)17)15-14(18)11-7-19-16-9(11)2/h4-7H,1-3H3,(H,15,18). The normalized spacial score (nSPS) is 10.3. The van der Waals surface area contributed by atoms with Crippen LogP contribution in [-0.2, 0) is 0 Å². The van der Waals surface area contributed by atoms with Gasteiger partial charge in [0.2, 0.25) is 0 Å². The fourth-order valence-corrected chi connectivity index (χ4v) is 2.63. The molecule has 1 aromatic heterocycles. The van der Waals surface area contributed by atoms with Crippen molar-refractivity contribution in [1.29, 1.82) is 0 Å².